The fourth-order valence-electron chi connectivity index (χ4n) is 1.58. The van der Waals surface area contributed by atoms with Crippen LogP contribution in [0.15, 0.2) is 18.2 Å². The number of carbonyl (C=O) groups is 2. The predicted octanol–water partition coefficient (Wildman–Crippen LogP) is 1.20. The molecule has 1 aromatic carbocycles. The van der Waals surface area contributed by atoms with Crippen LogP contribution < -0.4 is 10.6 Å². The molecule has 3 N–H and O–H groups in total. The standard InChI is InChI=1S/C14H21N3O3/c1-9-5-6-11(13(19)17(3)4)7-12(9)16-14(20)15-10(2)8-18/h5-7,10,18H,8H2,1-4H3,(H2,15,16,20)/t10-/m1/s1. The molecule has 6 heteroatoms. The SMILES string of the molecule is Cc1ccc(C(=O)N(C)C)cc1NC(=O)N[C@H](C)CO. The first-order valence-electron chi connectivity index (χ1n) is 6.35. The van der Waals surface area contributed by atoms with E-state index in [0.29, 0.717) is 11.3 Å². The second-order valence-electron chi connectivity index (χ2n) is 4.91. The van der Waals surface area contributed by atoms with E-state index >= 15 is 0 Å². The molecule has 0 aliphatic carbocycles. The van der Waals surface area contributed by atoms with E-state index in [0.717, 1.165) is 5.56 Å². The average Bonchev–Trinajstić information content (AvgIpc) is 2.40. The van der Waals surface area contributed by atoms with Crippen LogP contribution in [0.2, 0.25) is 0 Å². The van der Waals surface area contributed by atoms with E-state index < -0.39 is 6.03 Å². The lowest BCUT2D eigenvalue weighted by molar-refractivity contribution is 0.0827. The summed E-state index contributed by atoms with van der Waals surface area (Å²) in [6.45, 7) is 3.40. The van der Waals surface area contributed by atoms with Crippen molar-refractivity contribution < 1.29 is 14.7 Å². The number of rotatable bonds is 4. The van der Waals surface area contributed by atoms with Gasteiger partial charge in [0.1, 0.15) is 0 Å². The Labute approximate surface area is 118 Å². The normalized spacial score (nSPS) is 11.7. The third kappa shape index (κ3) is 4.24. The molecule has 0 radical (unpaired) electrons. The highest BCUT2D eigenvalue weighted by Crippen LogP contribution is 2.17. The van der Waals surface area contributed by atoms with Crippen molar-refractivity contribution in [2.45, 2.75) is 19.9 Å². The summed E-state index contributed by atoms with van der Waals surface area (Å²) in [4.78, 5) is 25.1. The molecule has 0 heterocycles. The molecular formula is C14H21N3O3. The van der Waals surface area contributed by atoms with Crippen molar-refractivity contribution in [1.29, 1.82) is 0 Å². The van der Waals surface area contributed by atoms with Crippen LogP contribution in [0.5, 0.6) is 0 Å². The molecule has 1 atom stereocenters. The minimum absolute atomic E-state index is 0.128. The Bertz CT molecular complexity index is 500. The van der Waals surface area contributed by atoms with Crippen molar-refractivity contribution in [2.24, 2.45) is 0 Å². The van der Waals surface area contributed by atoms with Crippen LogP contribution in [0.25, 0.3) is 0 Å². The van der Waals surface area contributed by atoms with Gasteiger partial charge in [0.05, 0.1) is 12.6 Å². The van der Waals surface area contributed by atoms with Crippen molar-refractivity contribution >= 4 is 17.6 Å². The summed E-state index contributed by atoms with van der Waals surface area (Å²) in [7, 11) is 3.34. The lowest BCUT2D eigenvalue weighted by atomic mass is 10.1. The number of hydrogen-bond acceptors (Lipinski definition) is 3. The first kappa shape index (κ1) is 16.0. The van der Waals surface area contributed by atoms with Gasteiger partial charge < -0.3 is 20.6 Å². The zero-order chi connectivity index (χ0) is 15.3. The van der Waals surface area contributed by atoms with Crippen molar-refractivity contribution in [1.82, 2.24) is 10.2 Å². The molecule has 1 rings (SSSR count). The summed E-state index contributed by atoms with van der Waals surface area (Å²) < 4.78 is 0. The summed E-state index contributed by atoms with van der Waals surface area (Å²) in [5.74, 6) is -0.128. The van der Waals surface area contributed by atoms with Crippen LogP contribution in [0.4, 0.5) is 10.5 Å². The maximum atomic E-state index is 11.9. The Kier molecular flexibility index (Phi) is 5.52. The molecule has 0 saturated carbocycles. The van der Waals surface area contributed by atoms with E-state index in [9.17, 15) is 9.59 Å². The molecule has 0 bridgehead atoms. The zero-order valence-corrected chi connectivity index (χ0v) is 12.2. The van der Waals surface area contributed by atoms with Gasteiger partial charge in [0, 0.05) is 25.3 Å². The van der Waals surface area contributed by atoms with E-state index in [1.54, 1.807) is 39.2 Å². The van der Waals surface area contributed by atoms with Crippen LogP contribution in [0.1, 0.15) is 22.8 Å². The molecule has 0 unspecified atom stereocenters. The van der Waals surface area contributed by atoms with Gasteiger partial charge in [-0.3, -0.25) is 4.79 Å². The van der Waals surface area contributed by atoms with Gasteiger partial charge in [-0.2, -0.15) is 0 Å². The lowest BCUT2D eigenvalue weighted by Crippen LogP contribution is -2.38. The molecule has 0 aromatic heterocycles. The first-order valence-corrected chi connectivity index (χ1v) is 6.35. The van der Waals surface area contributed by atoms with Gasteiger partial charge >= 0.3 is 6.03 Å². The highest BCUT2D eigenvalue weighted by Gasteiger charge is 2.12. The van der Waals surface area contributed by atoms with Crippen LogP contribution >= 0.6 is 0 Å². The number of urea groups is 1. The van der Waals surface area contributed by atoms with E-state index in [1.807, 2.05) is 6.92 Å². The van der Waals surface area contributed by atoms with E-state index in [2.05, 4.69) is 10.6 Å². The quantitative estimate of drug-likeness (QED) is 0.774. The van der Waals surface area contributed by atoms with Crippen LogP contribution in [-0.2, 0) is 0 Å². The van der Waals surface area contributed by atoms with Crippen LogP contribution in [0.3, 0.4) is 0 Å². The molecule has 6 nitrogen and oxygen atoms in total. The third-order valence-electron chi connectivity index (χ3n) is 2.79. The number of benzene rings is 1. The van der Waals surface area contributed by atoms with Crippen molar-refractivity contribution in [2.75, 3.05) is 26.0 Å². The van der Waals surface area contributed by atoms with Crippen molar-refractivity contribution in [3.63, 3.8) is 0 Å². The second-order valence-corrected chi connectivity index (χ2v) is 4.91. The Hall–Kier alpha value is -2.08. The number of aryl methyl sites for hydroxylation is 1. The molecule has 110 valence electrons. The number of nitrogens with one attached hydrogen (secondary N) is 2. The van der Waals surface area contributed by atoms with Crippen LogP contribution in [0, 0.1) is 6.92 Å². The fourth-order valence-corrected chi connectivity index (χ4v) is 1.58. The summed E-state index contributed by atoms with van der Waals surface area (Å²) in [6, 6.07) is 4.39. The molecule has 0 saturated heterocycles. The maximum Gasteiger partial charge on any atom is 0.319 e. The van der Waals surface area contributed by atoms with Gasteiger partial charge in [0.15, 0.2) is 0 Å². The predicted molar refractivity (Wildman–Crippen MR) is 77.9 cm³/mol. The molecule has 0 fully saturated rings. The lowest BCUT2D eigenvalue weighted by Gasteiger charge is -2.15. The number of amides is 3. The van der Waals surface area contributed by atoms with Crippen molar-refractivity contribution in [3.8, 4) is 0 Å². The van der Waals surface area contributed by atoms with E-state index in [4.69, 9.17) is 5.11 Å². The number of anilines is 1. The molecule has 3 amide bonds. The monoisotopic (exact) mass is 279 g/mol. The molecule has 1 aromatic rings. The maximum absolute atomic E-state index is 11.9. The number of hydrogen-bond donors (Lipinski definition) is 3. The smallest absolute Gasteiger partial charge is 0.319 e. The molecule has 0 aliphatic rings. The second kappa shape index (κ2) is 6.91. The fraction of sp³-hybridized carbons (Fsp3) is 0.429. The van der Waals surface area contributed by atoms with Crippen LogP contribution in [-0.4, -0.2) is 48.7 Å². The molecule has 0 spiro atoms. The Morgan fingerprint density at radius 1 is 1.35 bits per heavy atom. The van der Waals surface area contributed by atoms with E-state index in [-0.39, 0.29) is 18.6 Å². The number of aliphatic hydroxyl groups is 1. The minimum Gasteiger partial charge on any atom is -0.394 e. The minimum atomic E-state index is -0.413. The first-order chi connectivity index (χ1) is 9.35. The summed E-state index contributed by atoms with van der Waals surface area (Å²) in [5, 5.41) is 14.1. The summed E-state index contributed by atoms with van der Waals surface area (Å²) in [6.07, 6.45) is 0. The summed E-state index contributed by atoms with van der Waals surface area (Å²) >= 11 is 0. The average molecular weight is 279 g/mol. The molecule has 0 aliphatic heterocycles. The van der Waals surface area contributed by atoms with Gasteiger partial charge in [0.25, 0.3) is 5.91 Å². The summed E-state index contributed by atoms with van der Waals surface area (Å²) in [5.41, 5.74) is 1.93. The zero-order valence-electron chi connectivity index (χ0n) is 12.2. The highest BCUT2D eigenvalue weighted by molar-refractivity contribution is 5.97. The van der Waals surface area contributed by atoms with Gasteiger partial charge in [0.2, 0.25) is 0 Å². The van der Waals surface area contributed by atoms with Crippen molar-refractivity contribution in [3.05, 3.63) is 29.3 Å². The number of aliphatic hydroxyl groups excluding tert-OH is 1. The third-order valence-corrected chi connectivity index (χ3v) is 2.79. The highest BCUT2D eigenvalue weighted by atomic mass is 16.3. The van der Waals surface area contributed by atoms with E-state index in [1.165, 1.54) is 4.90 Å². The molecule has 20 heavy (non-hydrogen) atoms. The number of nitrogens with zero attached hydrogens (tertiary/aromatic N) is 1. The Morgan fingerprint density at radius 3 is 2.55 bits per heavy atom. The Balaban J connectivity index is 2.87. The Morgan fingerprint density at radius 2 is 2.00 bits per heavy atom. The van der Waals surface area contributed by atoms with Gasteiger partial charge in [-0.1, -0.05) is 6.07 Å². The molecular weight excluding hydrogens is 258 g/mol. The largest absolute Gasteiger partial charge is 0.394 e. The topological polar surface area (TPSA) is 81.7 Å². The van der Waals surface area contributed by atoms with Gasteiger partial charge in [-0.15, -0.1) is 0 Å². The van der Waals surface area contributed by atoms with Gasteiger partial charge in [-0.25, -0.2) is 4.79 Å². The number of carbonyl (C=O) groups excluding carboxylic acids is 2. The van der Waals surface area contributed by atoms with Gasteiger partial charge in [-0.05, 0) is 31.5 Å².